The molecule has 0 unspecified atom stereocenters. The van der Waals surface area contributed by atoms with Crippen molar-refractivity contribution in [2.75, 3.05) is 16.6 Å². The largest absolute Gasteiger partial charge is 0.347 e. The summed E-state index contributed by atoms with van der Waals surface area (Å²) < 4.78 is 25.8. The smallest absolute Gasteiger partial charge is 0.251 e. The summed E-state index contributed by atoms with van der Waals surface area (Å²) in [7, 11) is -3.26. The predicted molar refractivity (Wildman–Crippen MR) is 92.3 cm³/mol. The fourth-order valence-corrected chi connectivity index (χ4v) is 4.84. The lowest BCUT2D eigenvalue weighted by Gasteiger charge is -2.28. The Morgan fingerprint density at radius 1 is 1.22 bits per heavy atom. The number of hydrogen-bond donors (Lipinski definition) is 1. The van der Waals surface area contributed by atoms with Crippen LogP contribution in [0, 0.1) is 0 Å². The zero-order chi connectivity index (χ0) is 16.3. The van der Waals surface area contributed by atoms with Crippen molar-refractivity contribution in [3.05, 3.63) is 52.2 Å². The fraction of sp³-hybridized carbons (Fsp3) is 0.312. The Hall–Kier alpha value is -1.86. The molecule has 23 heavy (non-hydrogen) atoms. The Morgan fingerprint density at radius 2 is 2.09 bits per heavy atom. The molecule has 0 radical (unpaired) electrons. The van der Waals surface area contributed by atoms with Crippen LogP contribution in [0.5, 0.6) is 0 Å². The lowest BCUT2D eigenvalue weighted by atomic mass is 10.2. The number of hydrogen-bond acceptors (Lipinski definition) is 4. The normalized spacial score (nSPS) is 17.0. The van der Waals surface area contributed by atoms with Crippen molar-refractivity contribution in [3.8, 4) is 0 Å². The molecular weight excluding hydrogens is 332 g/mol. The quantitative estimate of drug-likeness (QED) is 0.922. The molecule has 0 saturated carbocycles. The first-order chi connectivity index (χ1) is 11.1. The van der Waals surface area contributed by atoms with Crippen molar-refractivity contribution >= 4 is 33.0 Å². The van der Waals surface area contributed by atoms with Crippen LogP contribution in [-0.2, 0) is 16.6 Å². The molecule has 1 fully saturated rings. The Kier molecular flexibility index (Phi) is 4.68. The number of anilines is 1. The first kappa shape index (κ1) is 16.0. The van der Waals surface area contributed by atoms with Gasteiger partial charge in [0, 0.05) is 17.0 Å². The van der Waals surface area contributed by atoms with Gasteiger partial charge in [0.1, 0.15) is 0 Å². The number of rotatable bonds is 4. The van der Waals surface area contributed by atoms with E-state index in [0.717, 1.165) is 11.3 Å². The maximum absolute atomic E-state index is 12.3. The maximum Gasteiger partial charge on any atom is 0.251 e. The molecule has 0 aliphatic carbocycles. The lowest BCUT2D eigenvalue weighted by Crippen LogP contribution is -2.38. The SMILES string of the molecule is O=C(NCc1cccs1)c1cccc(N2CCCCS2(=O)=O)c1. The number of benzene rings is 1. The summed E-state index contributed by atoms with van der Waals surface area (Å²) in [6, 6.07) is 10.7. The summed E-state index contributed by atoms with van der Waals surface area (Å²) in [6.07, 6.45) is 1.54. The molecular formula is C16H18N2O3S2. The van der Waals surface area contributed by atoms with Gasteiger partial charge in [0.25, 0.3) is 5.91 Å². The monoisotopic (exact) mass is 350 g/mol. The number of nitrogens with zero attached hydrogens (tertiary/aromatic N) is 1. The highest BCUT2D eigenvalue weighted by Crippen LogP contribution is 2.24. The summed E-state index contributed by atoms with van der Waals surface area (Å²) in [5.41, 5.74) is 1.04. The number of nitrogens with one attached hydrogen (secondary N) is 1. The molecule has 122 valence electrons. The zero-order valence-corrected chi connectivity index (χ0v) is 14.2. The van der Waals surface area contributed by atoms with Crippen molar-refractivity contribution in [2.24, 2.45) is 0 Å². The van der Waals surface area contributed by atoms with Crippen molar-refractivity contribution in [3.63, 3.8) is 0 Å². The Bertz CT molecular complexity index is 785. The van der Waals surface area contributed by atoms with Crippen LogP contribution in [0.15, 0.2) is 41.8 Å². The van der Waals surface area contributed by atoms with E-state index in [1.807, 2.05) is 17.5 Å². The van der Waals surface area contributed by atoms with Gasteiger partial charge in [-0.2, -0.15) is 0 Å². The molecule has 1 amide bonds. The van der Waals surface area contributed by atoms with E-state index in [4.69, 9.17) is 0 Å². The Balaban J connectivity index is 1.75. The fourth-order valence-electron chi connectivity index (χ4n) is 2.56. The third kappa shape index (κ3) is 3.73. The van der Waals surface area contributed by atoms with Gasteiger partial charge in [-0.05, 0) is 42.5 Å². The second-order valence-corrected chi connectivity index (χ2v) is 8.45. The van der Waals surface area contributed by atoms with Crippen LogP contribution in [0.25, 0.3) is 0 Å². The molecule has 0 spiro atoms. The Labute approximate surface area is 140 Å². The highest BCUT2D eigenvalue weighted by Gasteiger charge is 2.26. The third-order valence-corrected chi connectivity index (χ3v) is 6.49. The molecule has 2 aromatic rings. The van der Waals surface area contributed by atoms with Gasteiger partial charge in [-0.1, -0.05) is 12.1 Å². The molecule has 0 bridgehead atoms. The van der Waals surface area contributed by atoms with Crippen molar-refractivity contribution in [1.82, 2.24) is 5.32 Å². The summed E-state index contributed by atoms with van der Waals surface area (Å²) in [5, 5.41) is 4.82. The minimum absolute atomic E-state index is 0.168. The van der Waals surface area contributed by atoms with E-state index in [1.165, 1.54) is 4.31 Å². The first-order valence-electron chi connectivity index (χ1n) is 7.47. The lowest BCUT2D eigenvalue weighted by molar-refractivity contribution is 0.0951. The van der Waals surface area contributed by atoms with E-state index in [-0.39, 0.29) is 11.7 Å². The average Bonchev–Trinajstić information content (AvgIpc) is 3.06. The van der Waals surface area contributed by atoms with Crippen molar-refractivity contribution < 1.29 is 13.2 Å². The van der Waals surface area contributed by atoms with Gasteiger partial charge < -0.3 is 5.32 Å². The standard InChI is InChI=1S/C16H18N2O3S2/c19-16(17-12-15-7-4-9-22-15)13-5-3-6-14(11-13)18-8-1-2-10-23(18,20)21/h3-7,9,11H,1-2,8,10,12H2,(H,17,19). The molecule has 1 aliphatic heterocycles. The molecule has 1 aliphatic rings. The molecule has 3 rings (SSSR count). The van der Waals surface area contributed by atoms with Crippen LogP contribution in [0.1, 0.15) is 28.1 Å². The molecule has 1 aromatic carbocycles. The van der Waals surface area contributed by atoms with E-state index < -0.39 is 10.0 Å². The number of carbonyl (C=O) groups excluding carboxylic acids is 1. The summed E-state index contributed by atoms with van der Waals surface area (Å²) in [5.74, 6) is -0.0309. The van der Waals surface area contributed by atoms with Crippen molar-refractivity contribution in [2.45, 2.75) is 19.4 Å². The van der Waals surface area contributed by atoms with Gasteiger partial charge in [0.15, 0.2) is 0 Å². The molecule has 1 saturated heterocycles. The van der Waals surface area contributed by atoms with Gasteiger partial charge >= 0.3 is 0 Å². The molecule has 0 atom stereocenters. The van der Waals surface area contributed by atoms with E-state index >= 15 is 0 Å². The minimum atomic E-state index is -3.26. The van der Waals surface area contributed by atoms with Crippen LogP contribution >= 0.6 is 11.3 Å². The van der Waals surface area contributed by atoms with Crippen molar-refractivity contribution in [1.29, 1.82) is 0 Å². The number of sulfonamides is 1. The maximum atomic E-state index is 12.3. The van der Waals surface area contributed by atoms with E-state index in [0.29, 0.717) is 30.8 Å². The van der Waals surface area contributed by atoms with E-state index in [9.17, 15) is 13.2 Å². The second kappa shape index (κ2) is 6.72. The highest BCUT2D eigenvalue weighted by molar-refractivity contribution is 7.92. The van der Waals surface area contributed by atoms with E-state index in [1.54, 1.807) is 35.6 Å². The predicted octanol–water partition coefficient (Wildman–Crippen LogP) is 2.61. The number of amides is 1. The van der Waals surface area contributed by atoms with Crippen LogP contribution in [-0.4, -0.2) is 26.6 Å². The third-order valence-electron chi connectivity index (χ3n) is 3.75. The van der Waals surface area contributed by atoms with Crippen LogP contribution in [0.2, 0.25) is 0 Å². The molecule has 7 heteroatoms. The van der Waals surface area contributed by atoms with Gasteiger partial charge in [-0.15, -0.1) is 11.3 Å². The molecule has 5 nitrogen and oxygen atoms in total. The van der Waals surface area contributed by atoms with Gasteiger partial charge in [-0.25, -0.2) is 8.42 Å². The average molecular weight is 350 g/mol. The van der Waals surface area contributed by atoms with E-state index in [2.05, 4.69) is 5.32 Å². The van der Waals surface area contributed by atoms with Crippen LogP contribution in [0.3, 0.4) is 0 Å². The second-order valence-electron chi connectivity index (χ2n) is 5.41. The minimum Gasteiger partial charge on any atom is -0.347 e. The number of carbonyl (C=O) groups is 1. The molecule has 1 aromatic heterocycles. The summed E-state index contributed by atoms with van der Waals surface area (Å²) in [4.78, 5) is 13.3. The van der Waals surface area contributed by atoms with Crippen LogP contribution < -0.4 is 9.62 Å². The molecule has 2 heterocycles. The highest BCUT2D eigenvalue weighted by atomic mass is 32.2. The van der Waals surface area contributed by atoms with Gasteiger partial charge in [0.05, 0.1) is 18.0 Å². The summed E-state index contributed by atoms with van der Waals surface area (Å²) in [6.45, 7) is 0.950. The topological polar surface area (TPSA) is 66.5 Å². The zero-order valence-electron chi connectivity index (χ0n) is 12.6. The summed E-state index contributed by atoms with van der Waals surface area (Å²) >= 11 is 1.58. The van der Waals surface area contributed by atoms with Gasteiger partial charge in [0.2, 0.25) is 10.0 Å². The molecule has 1 N–H and O–H groups in total. The van der Waals surface area contributed by atoms with Crippen LogP contribution in [0.4, 0.5) is 5.69 Å². The number of thiophene rings is 1. The van der Waals surface area contributed by atoms with Gasteiger partial charge in [-0.3, -0.25) is 9.10 Å². The first-order valence-corrected chi connectivity index (χ1v) is 9.96. The Morgan fingerprint density at radius 3 is 2.83 bits per heavy atom.